The van der Waals surface area contributed by atoms with Gasteiger partial charge in [0.1, 0.15) is 0 Å². The summed E-state index contributed by atoms with van der Waals surface area (Å²) in [7, 11) is 0. The molecule has 2 aliphatic carbocycles. The summed E-state index contributed by atoms with van der Waals surface area (Å²) in [6.07, 6.45) is 6.53. The third-order valence-corrected chi connectivity index (χ3v) is 12.4. The highest BCUT2D eigenvalue weighted by atomic mass is 15.2. The predicted molar refractivity (Wildman–Crippen MR) is 232 cm³/mol. The van der Waals surface area contributed by atoms with Gasteiger partial charge < -0.3 is 4.90 Å². The van der Waals surface area contributed by atoms with E-state index in [1.807, 2.05) is 0 Å². The summed E-state index contributed by atoms with van der Waals surface area (Å²) >= 11 is 0. The number of hydrogen-bond acceptors (Lipinski definition) is 1. The van der Waals surface area contributed by atoms with E-state index in [2.05, 4.69) is 191 Å². The van der Waals surface area contributed by atoms with Crippen molar-refractivity contribution in [1.82, 2.24) is 0 Å². The minimum Gasteiger partial charge on any atom is -0.309 e. The predicted octanol–water partition coefficient (Wildman–Crippen LogP) is 15.3. The first-order valence-corrected chi connectivity index (χ1v) is 20.1. The molecule has 7 aromatic rings. The van der Waals surface area contributed by atoms with Gasteiger partial charge in [0.05, 0.1) is 17.1 Å². The lowest BCUT2D eigenvalue weighted by Crippen LogP contribution is -2.18. The molecule has 0 amide bonds. The van der Waals surface area contributed by atoms with Gasteiger partial charge in [-0.1, -0.05) is 187 Å². The standard InChI is InChI=1S/C53H51N/c1-52(2,3)39-33-34-40(36-19-8-6-9-20-36)49(35-39)54(48-32-18-30-46-51(48)44-26-12-14-29-45(44)53(46,4)5)47-31-15-13-25-42(47)43-28-17-24-38-23-16-27-41(50(38)43)37-21-10-7-11-22-37/h6,8-9,12-20,23-35,37H,7,10-11,21-22H2,1-5H3. The second-order valence-electron chi connectivity index (χ2n) is 17.2. The largest absolute Gasteiger partial charge is 0.309 e. The monoisotopic (exact) mass is 701 g/mol. The number of fused-ring (bicyclic) bond motifs is 4. The van der Waals surface area contributed by atoms with E-state index in [1.54, 1.807) is 0 Å². The molecule has 268 valence electrons. The zero-order valence-corrected chi connectivity index (χ0v) is 32.5. The van der Waals surface area contributed by atoms with Crippen LogP contribution in [0.5, 0.6) is 0 Å². The third kappa shape index (κ3) is 5.77. The summed E-state index contributed by atoms with van der Waals surface area (Å²) in [5.41, 5.74) is 16.7. The highest BCUT2D eigenvalue weighted by Crippen LogP contribution is 2.56. The third-order valence-electron chi connectivity index (χ3n) is 12.4. The van der Waals surface area contributed by atoms with Crippen molar-refractivity contribution in [3.63, 3.8) is 0 Å². The van der Waals surface area contributed by atoms with Crippen LogP contribution in [0.4, 0.5) is 17.1 Å². The van der Waals surface area contributed by atoms with Gasteiger partial charge in [-0.25, -0.2) is 0 Å². The van der Waals surface area contributed by atoms with Crippen LogP contribution in [0.15, 0.2) is 152 Å². The molecule has 0 spiro atoms. The van der Waals surface area contributed by atoms with Gasteiger partial charge in [0.2, 0.25) is 0 Å². The van der Waals surface area contributed by atoms with Crippen molar-refractivity contribution in [3.8, 4) is 33.4 Å². The Morgan fingerprint density at radius 2 is 1.15 bits per heavy atom. The minimum atomic E-state index is -0.118. The molecular weight excluding hydrogens is 651 g/mol. The minimum absolute atomic E-state index is 0.0348. The van der Waals surface area contributed by atoms with Gasteiger partial charge in [-0.15, -0.1) is 0 Å². The van der Waals surface area contributed by atoms with Crippen LogP contribution in [-0.4, -0.2) is 0 Å². The first-order valence-electron chi connectivity index (χ1n) is 20.1. The van der Waals surface area contributed by atoms with Crippen molar-refractivity contribution in [3.05, 3.63) is 174 Å². The summed E-state index contributed by atoms with van der Waals surface area (Å²) < 4.78 is 0. The molecule has 9 rings (SSSR count). The van der Waals surface area contributed by atoms with Crippen LogP contribution in [-0.2, 0) is 10.8 Å². The van der Waals surface area contributed by atoms with Gasteiger partial charge in [0.15, 0.2) is 0 Å². The van der Waals surface area contributed by atoms with Crippen LogP contribution < -0.4 is 4.90 Å². The van der Waals surface area contributed by atoms with Crippen LogP contribution >= 0.6 is 0 Å². The Morgan fingerprint density at radius 3 is 1.93 bits per heavy atom. The first kappa shape index (κ1) is 34.4. The maximum absolute atomic E-state index is 2.62. The maximum atomic E-state index is 2.62. The number of hydrogen-bond donors (Lipinski definition) is 0. The van der Waals surface area contributed by atoms with E-state index >= 15 is 0 Å². The molecule has 0 unspecified atom stereocenters. The van der Waals surface area contributed by atoms with Crippen LogP contribution in [0.25, 0.3) is 44.2 Å². The average Bonchev–Trinajstić information content (AvgIpc) is 3.44. The lowest BCUT2D eigenvalue weighted by Gasteiger charge is -2.34. The van der Waals surface area contributed by atoms with E-state index in [0.717, 1.165) is 0 Å². The molecule has 0 heterocycles. The quantitative estimate of drug-likeness (QED) is 0.167. The Morgan fingerprint density at radius 1 is 0.519 bits per heavy atom. The Hall–Kier alpha value is -5.40. The molecule has 1 heteroatoms. The molecule has 0 saturated heterocycles. The Kier molecular flexibility index (Phi) is 8.57. The first-order chi connectivity index (χ1) is 26.2. The topological polar surface area (TPSA) is 3.24 Å². The normalized spacial score (nSPS) is 15.2. The van der Waals surface area contributed by atoms with Crippen LogP contribution in [0.3, 0.4) is 0 Å². The maximum Gasteiger partial charge on any atom is 0.0543 e. The number of nitrogens with zero attached hydrogens (tertiary/aromatic N) is 1. The molecule has 7 aromatic carbocycles. The molecular formula is C53H51N. The molecule has 2 aliphatic rings. The van der Waals surface area contributed by atoms with E-state index in [4.69, 9.17) is 0 Å². The smallest absolute Gasteiger partial charge is 0.0543 e. The van der Waals surface area contributed by atoms with E-state index in [0.29, 0.717) is 5.92 Å². The highest BCUT2D eigenvalue weighted by Gasteiger charge is 2.38. The Balaban J connectivity index is 1.39. The highest BCUT2D eigenvalue weighted by molar-refractivity contribution is 6.06. The molecule has 1 fully saturated rings. The second kappa shape index (κ2) is 13.5. The zero-order chi connectivity index (χ0) is 37.0. The fourth-order valence-electron chi connectivity index (χ4n) is 9.60. The molecule has 0 aliphatic heterocycles. The summed E-state index contributed by atoms with van der Waals surface area (Å²) in [4.78, 5) is 2.62. The fourth-order valence-corrected chi connectivity index (χ4v) is 9.60. The molecule has 0 bridgehead atoms. The molecule has 54 heavy (non-hydrogen) atoms. The number of para-hydroxylation sites is 1. The van der Waals surface area contributed by atoms with E-state index in [1.165, 1.54) is 116 Å². The van der Waals surface area contributed by atoms with Crippen molar-refractivity contribution < 1.29 is 0 Å². The average molecular weight is 702 g/mol. The van der Waals surface area contributed by atoms with E-state index < -0.39 is 0 Å². The lowest BCUT2D eigenvalue weighted by atomic mass is 9.80. The van der Waals surface area contributed by atoms with Gasteiger partial charge in [-0.2, -0.15) is 0 Å². The SMILES string of the molecule is CC(C)(C)c1ccc(-c2ccccc2)c(N(c2ccccc2-c2cccc3cccc(C4CCCCC4)c23)c2cccc3c2-c2ccccc2C3(C)C)c1. The van der Waals surface area contributed by atoms with Gasteiger partial charge >= 0.3 is 0 Å². The fraction of sp³-hybridized carbons (Fsp3) is 0.245. The molecule has 0 aromatic heterocycles. The Bertz CT molecular complexity index is 2480. The van der Waals surface area contributed by atoms with Crippen molar-refractivity contribution in [2.75, 3.05) is 4.90 Å². The summed E-state index contributed by atoms with van der Waals surface area (Å²) in [6, 6.07) is 57.4. The van der Waals surface area contributed by atoms with Crippen molar-refractivity contribution in [1.29, 1.82) is 0 Å². The van der Waals surface area contributed by atoms with E-state index in [9.17, 15) is 0 Å². The molecule has 1 nitrogen and oxygen atoms in total. The van der Waals surface area contributed by atoms with Crippen molar-refractivity contribution >= 4 is 27.8 Å². The number of anilines is 3. The van der Waals surface area contributed by atoms with Crippen LogP contribution in [0.1, 0.15) is 94.9 Å². The van der Waals surface area contributed by atoms with Crippen molar-refractivity contribution in [2.24, 2.45) is 0 Å². The zero-order valence-electron chi connectivity index (χ0n) is 32.5. The molecule has 0 radical (unpaired) electrons. The molecule has 0 N–H and O–H groups in total. The summed E-state index contributed by atoms with van der Waals surface area (Å²) in [5, 5.41) is 2.74. The van der Waals surface area contributed by atoms with Gasteiger partial charge in [0.25, 0.3) is 0 Å². The summed E-state index contributed by atoms with van der Waals surface area (Å²) in [6.45, 7) is 11.8. The number of rotatable bonds is 6. The molecule has 1 saturated carbocycles. The molecule has 0 atom stereocenters. The Labute approximate surface area is 322 Å². The van der Waals surface area contributed by atoms with E-state index in [-0.39, 0.29) is 10.8 Å². The van der Waals surface area contributed by atoms with Gasteiger partial charge in [-0.3, -0.25) is 0 Å². The van der Waals surface area contributed by atoms with Gasteiger partial charge in [-0.05, 0) is 92.1 Å². The van der Waals surface area contributed by atoms with Crippen molar-refractivity contribution in [2.45, 2.75) is 83.5 Å². The lowest BCUT2D eigenvalue weighted by molar-refractivity contribution is 0.445. The van der Waals surface area contributed by atoms with Crippen LogP contribution in [0, 0.1) is 0 Å². The number of benzene rings is 7. The van der Waals surface area contributed by atoms with Crippen LogP contribution in [0.2, 0.25) is 0 Å². The summed E-state index contributed by atoms with van der Waals surface area (Å²) in [5.74, 6) is 0.594. The second-order valence-corrected chi connectivity index (χ2v) is 17.2. The van der Waals surface area contributed by atoms with Gasteiger partial charge in [0, 0.05) is 22.1 Å².